The number of hydrogen-bond acceptors (Lipinski definition) is 3. The normalized spacial score (nSPS) is 11.7. The predicted molar refractivity (Wildman–Crippen MR) is 98.1 cm³/mol. The first-order chi connectivity index (χ1) is 12.1. The van der Waals surface area contributed by atoms with E-state index in [0.717, 1.165) is 22.0 Å². The summed E-state index contributed by atoms with van der Waals surface area (Å²) < 4.78 is 0. The molecule has 25 heavy (non-hydrogen) atoms. The molecule has 1 aromatic heterocycles. The van der Waals surface area contributed by atoms with Crippen molar-refractivity contribution in [2.24, 2.45) is 0 Å². The molecule has 1 atom stereocenters. The Morgan fingerprint density at radius 3 is 2.68 bits per heavy atom. The topological polar surface area (TPSA) is 65.8 Å². The number of nitrogens with one attached hydrogen (secondary N) is 1. The van der Waals surface area contributed by atoms with Gasteiger partial charge in [-0.25, -0.2) is 0 Å². The molecule has 0 fully saturated rings. The Bertz CT molecular complexity index is 972. The highest BCUT2D eigenvalue weighted by Crippen LogP contribution is 2.25. The number of pyridine rings is 1. The van der Waals surface area contributed by atoms with Crippen molar-refractivity contribution >= 4 is 16.8 Å². The number of para-hydroxylation sites is 1. The third-order valence-electron chi connectivity index (χ3n) is 4.27. The van der Waals surface area contributed by atoms with E-state index in [2.05, 4.69) is 16.4 Å². The smallest absolute Gasteiger partial charge is 0.252 e. The van der Waals surface area contributed by atoms with Gasteiger partial charge < -0.3 is 5.32 Å². The lowest BCUT2D eigenvalue weighted by Crippen LogP contribution is -2.27. The van der Waals surface area contributed by atoms with Gasteiger partial charge in [-0.2, -0.15) is 5.26 Å². The van der Waals surface area contributed by atoms with Crippen LogP contribution in [0.5, 0.6) is 0 Å². The minimum absolute atomic E-state index is 0.103. The first kappa shape index (κ1) is 16.7. The summed E-state index contributed by atoms with van der Waals surface area (Å²) in [6, 6.07) is 19.2. The Morgan fingerprint density at radius 2 is 1.92 bits per heavy atom. The Kier molecular flexibility index (Phi) is 4.76. The van der Waals surface area contributed by atoms with E-state index in [-0.39, 0.29) is 18.4 Å². The molecule has 0 bridgehead atoms. The molecule has 4 heteroatoms. The number of aromatic nitrogens is 1. The van der Waals surface area contributed by atoms with Crippen molar-refractivity contribution < 1.29 is 4.79 Å². The number of rotatable bonds is 4. The second-order valence-electron chi connectivity index (χ2n) is 6.06. The van der Waals surface area contributed by atoms with Crippen LogP contribution in [-0.4, -0.2) is 10.9 Å². The maximum atomic E-state index is 12.6. The molecule has 1 heterocycles. The maximum absolute atomic E-state index is 12.6. The highest BCUT2D eigenvalue weighted by molar-refractivity contribution is 5.96. The standard InChI is InChI=1S/C21H19N3O/c1-14-7-3-4-8-17(14)21(25)23-15(2)19-13-16(11-12-22)24-20-10-6-5-9-18(19)20/h3-10,13,15H,11H2,1-2H3,(H,23,25)/t15-/m1/s1. The molecule has 1 amide bonds. The van der Waals surface area contributed by atoms with Crippen molar-refractivity contribution in [1.29, 1.82) is 5.26 Å². The van der Waals surface area contributed by atoms with E-state index in [1.54, 1.807) is 0 Å². The van der Waals surface area contributed by atoms with Gasteiger partial charge in [-0.15, -0.1) is 0 Å². The molecule has 0 saturated heterocycles. The molecule has 4 nitrogen and oxygen atoms in total. The third kappa shape index (κ3) is 3.51. The summed E-state index contributed by atoms with van der Waals surface area (Å²) in [6.07, 6.45) is 0.246. The van der Waals surface area contributed by atoms with Crippen molar-refractivity contribution in [3.63, 3.8) is 0 Å². The van der Waals surface area contributed by atoms with Crippen LogP contribution in [0, 0.1) is 18.3 Å². The van der Waals surface area contributed by atoms with Gasteiger partial charge in [0.25, 0.3) is 5.91 Å². The summed E-state index contributed by atoms with van der Waals surface area (Å²) in [6.45, 7) is 3.88. The van der Waals surface area contributed by atoms with Crippen LogP contribution in [0.3, 0.4) is 0 Å². The highest BCUT2D eigenvalue weighted by Gasteiger charge is 2.16. The zero-order chi connectivity index (χ0) is 17.8. The van der Waals surface area contributed by atoms with Gasteiger partial charge in [-0.05, 0) is 43.2 Å². The van der Waals surface area contributed by atoms with Gasteiger partial charge in [-0.3, -0.25) is 9.78 Å². The molecule has 2 aromatic carbocycles. The molecule has 3 rings (SSSR count). The monoisotopic (exact) mass is 329 g/mol. The van der Waals surface area contributed by atoms with E-state index >= 15 is 0 Å². The molecular weight excluding hydrogens is 310 g/mol. The quantitative estimate of drug-likeness (QED) is 0.783. The first-order valence-corrected chi connectivity index (χ1v) is 8.22. The Morgan fingerprint density at radius 1 is 1.20 bits per heavy atom. The minimum atomic E-state index is -0.197. The number of benzene rings is 2. The number of amides is 1. The summed E-state index contributed by atoms with van der Waals surface area (Å²) in [5.41, 5.74) is 4.13. The van der Waals surface area contributed by atoms with Gasteiger partial charge >= 0.3 is 0 Å². The van der Waals surface area contributed by atoms with E-state index < -0.39 is 0 Å². The van der Waals surface area contributed by atoms with E-state index in [1.165, 1.54) is 0 Å². The van der Waals surface area contributed by atoms with Gasteiger partial charge in [-0.1, -0.05) is 36.4 Å². The molecule has 0 unspecified atom stereocenters. The van der Waals surface area contributed by atoms with E-state index in [4.69, 9.17) is 5.26 Å². The van der Waals surface area contributed by atoms with E-state index in [1.807, 2.05) is 68.4 Å². The van der Waals surface area contributed by atoms with Crippen molar-refractivity contribution in [2.45, 2.75) is 26.3 Å². The lowest BCUT2D eigenvalue weighted by Gasteiger charge is -2.18. The zero-order valence-corrected chi connectivity index (χ0v) is 14.3. The molecular formula is C21H19N3O. The molecule has 1 N–H and O–H groups in total. The van der Waals surface area contributed by atoms with Crippen molar-refractivity contribution in [2.75, 3.05) is 0 Å². The molecule has 0 aliphatic carbocycles. The third-order valence-corrected chi connectivity index (χ3v) is 4.27. The van der Waals surface area contributed by atoms with Gasteiger partial charge in [0.05, 0.1) is 29.7 Å². The number of nitriles is 1. The Hall–Kier alpha value is -3.19. The Labute approximate surface area is 147 Å². The van der Waals surface area contributed by atoms with Crippen LogP contribution < -0.4 is 5.32 Å². The lowest BCUT2D eigenvalue weighted by atomic mass is 10.0. The molecule has 3 aromatic rings. The minimum Gasteiger partial charge on any atom is -0.345 e. The van der Waals surface area contributed by atoms with Crippen LogP contribution >= 0.6 is 0 Å². The number of hydrogen-bond donors (Lipinski definition) is 1. The Balaban J connectivity index is 1.96. The molecule has 0 spiro atoms. The number of fused-ring (bicyclic) bond motifs is 1. The SMILES string of the molecule is Cc1ccccc1C(=O)N[C@H](C)c1cc(CC#N)nc2ccccc12. The molecule has 0 aliphatic heterocycles. The molecule has 0 aliphatic rings. The second kappa shape index (κ2) is 7.14. The van der Waals surface area contributed by atoms with Crippen LogP contribution in [0.4, 0.5) is 0 Å². The van der Waals surface area contributed by atoms with Gasteiger partial charge in [0.15, 0.2) is 0 Å². The number of carbonyl (C=O) groups is 1. The fourth-order valence-corrected chi connectivity index (χ4v) is 2.97. The average molecular weight is 329 g/mol. The summed E-state index contributed by atoms with van der Waals surface area (Å²) in [7, 11) is 0. The molecule has 0 radical (unpaired) electrons. The van der Waals surface area contributed by atoms with E-state index in [9.17, 15) is 4.79 Å². The predicted octanol–water partition coefficient (Wildman–Crippen LogP) is 4.10. The van der Waals surface area contributed by atoms with Crippen molar-refractivity contribution in [1.82, 2.24) is 10.3 Å². The van der Waals surface area contributed by atoms with Crippen molar-refractivity contribution in [3.8, 4) is 6.07 Å². The molecule has 0 saturated carbocycles. The number of nitrogens with zero attached hydrogens (tertiary/aromatic N) is 2. The van der Waals surface area contributed by atoms with E-state index in [0.29, 0.717) is 11.3 Å². The molecule has 124 valence electrons. The average Bonchev–Trinajstić information content (AvgIpc) is 2.61. The van der Waals surface area contributed by atoms with Crippen LogP contribution in [0.2, 0.25) is 0 Å². The zero-order valence-electron chi connectivity index (χ0n) is 14.3. The van der Waals surface area contributed by atoms with Crippen LogP contribution in [0.15, 0.2) is 54.6 Å². The summed E-state index contributed by atoms with van der Waals surface area (Å²) in [5, 5.41) is 13.0. The second-order valence-corrected chi connectivity index (χ2v) is 6.06. The van der Waals surface area contributed by atoms with Crippen LogP contribution in [-0.2, 0) is 6.42 Å². The number of aryl methyl sites for hydroxylation is 1. The van der Waals surface area contributed by atoms with Gasteiger partial charge in [0.1, 0.15) is 0 Å². The maximum Gasteiger partial charge on any atom is 0.252 e. The summed E-state index contributed by atoms with van der Waals surface area (Å²) >= 11 is 0. The first-order valence-electron chi connectivity index (χ1n) is 8.22. The largest absolute Gasteiger partial charge is 0.345 e. The fraction of sp³-hybridized carbons (Fsp3) is 0.190. The lowest BCUT2D eigenvalue weighted by molar-refractivity contribution is 0.0939. The van der Waals surface area contributed by atoms with Crippen LogP contribution in [0.1, 0.15) is 40.1 Å². The summed E-state index contributed by atoms with van der Waals surface area (Å²) in [5.74, 6) is -0.103. The van der Waals surface area contributed by atoms with Gasteiger partial charge in [0, 0.05) is 10.9 Å². The fourth-order valence-electron chi connectivity index (χ4n) is 2.97. The summed E-state index contributed by atoms with van der Waals surface area (Å²) in [4.78, 5) is 17.1. The number of carbonyl (C=O) groups excluding carboxylic acids is 1. The van der Waals surface area contributed by atoms with Gasteiger partial charge in [0.2, 0.25) is 0 Å². The van der Waals surface area contributed by atoms with Crippen molar-refractivity contribution in [3.05, 3.63) is 77.0 Å². The highest BCUT2D eigenvalue weighted by atomic mass is 16.1. The van der Waals surface area contributed by atoms with Crippen LogP contribution in [0.25, 0.3) is 10.9 Å².